The molecule has 0 atom stereocenters. The lowest BCUT2D eigenvalue weighted by molar-refractivity contribution is 0.102. The maximum atomic E-state index is 11.4. The predicted molar refractivity (Wildman–Crippen MR) is 51.8 cm³/mol. The lowest BCUT2D eigenvalue weighted by Gasteiger charge is -2.04. The third kappa shape index (κ3) is 1.72. The molecule has 0 spiro atoms. The Morgan fingerprint density at radius 1 is 1.42 bits per heavy atom. The van der Waals surface area contributed by atoms with Gasteiger partial charge in [0.1, 0.15) is 0 Å². The van der Waals surface area contributed by atoms with Crippen molar-refractivity contribution in [2.45, 2.75) is 13.8 Å². The summed E-state index contributed by atoms with van der Waals surface area (Å²) in [5, 5.41) is 0.374. The Kier molecular flexibility index (Phi) is 2.98. The lowest BCUT2D eigenvalue weighted by Crippen LogP contribution is -2.05. The molecule has 12 heavy (non-hydrogen) atoms. The van der Waals surface area contributed by atoms with Crippen LogP contribution in [-0.4, -0.2) is 16.1 Å². The minimum Gasteiger partial charge on any atom is -0.293 e. The fourth-order valence-corrected chi connectivity index (χ4v) is 1.49. The third-order valence-corrected chi connectivity index (χ3v) is 2.23. The maximum Gasteiger partial charge on any atom is 0.174 e. The Bertz CT molecular complexity index is 289. The van der Waals surface area contributed by atoms with Gasteiger partial charge in [0.05, 0.1) is 5.33 Å². The molecule has 2 nitrogen and oxygen atoms in total. The van der Waals surface area contributed by atoms with E-state index in [9.17, 15) is 4.79 Å². The van der Waals surface area contributed by atoms with E-state index in [1.807, 2.05) is 13.8 Å². The van der Waals surface area contributed by atoms with Crippen molar-refractivity contribution in [3.63, 3.8) is 0 Å². The van der Waals surface area contributed by atoms with Crippen molar-refractivity contribution in [3.8, 4) is 0 Å². The van der Waals surface area contributed by atoms with Gasteiger partial charge in [-0.1, -0.05) is 15.9 Å². The topological polar surface area (TPSA) is 30.0 Å². The summed E-state index contributed by atoms with van der Waals surface area (Å²) in [7, 11) is 0. The van der Waals surface area contributed by atoms with Gasteiger partial charge in [-0.25, -0.2) is 0 Å². The molecule has 0 aliphatic heterocycles. The van der Waals surface area contributed by atoms with E-state index in [4.69, 9.17) is 0 Å². The smallest absolute Gasteiger partial charge is 0.174 e. The van der Waals surface area contributed by atoms with Gasteiger partial charge in [-0.2, -0.15) is 0 Å². The molecule has 1 rings (SSSR count). The number of hydrogen-bond donors (Lipinski definition) is 0. The van der Waals surface area contributed by atoms with E-state index in [-0.39, 0.29) is 5.78 Å². The van der Waals surface area contributed by atoms with Gasteiger partial charge in [0.25, 0.3) is 0 Å². The van der Waals surface area contributed by atoms with Crippen molar-refractivity contribution in [3.05, 3.63) is 29.1 Å². The number of hydrogen-bond acceptors (Lipinski definition) is 2. The summed E-state index contributed by atoms with van der Waals surface area (Å²) in [5.41, 5.74) is 2.68. The first-order chi connectivity index (χ1) is 5.66. The van der Waals surface area contributed by atoms with E-state index in [0.29, 0.717) is 5.33 Å². The van der Waals surface area contributed by atoms with Gasteiger partial charge < -0.3 is 0 Å². The molecule has 0 aromatic carbocycles. The second kappa shape index (κ2) is 3.81. The van der Waals surface area contributed by atoms with Crippen molar-refractivity contribution >= 4 is 21.7 Å². The fourth-order valence-electron chi connectivity index (χ4n) is 1.21. The monoisotopic (exact) mass is 227 g/mol. The number of rotatable bonds is 2. The molecule has 0 aliphatic rings. The van der Waals surface area contributed by atoms with E-state index in [0.717, 1.165) is 16.7 Å². The molecule has 1 heterocycles. The van der Waals surface area contributed by atoms with Gasteiger partial charge in [0, 0.05) is 18.0 Å². The Morgan fingerprint density at radius 3 is 2.33 bits per heavy atom. The van der Waals surface area contributed by atoms with Crippen LogP contribution in [0.15, 0.2) is 12.4 Å². The molecular weight excluding hydrogens is 218 g/mol. The van der Waals surface area contributed by atoms with E-state index in [1.165, 1.54) is 0 Å². The van der Waals surface area contributed by atoms with Crippen LogP contribution >= 0.6 is 15.9 Å². The van der Waals surface area contributed by atoms with Crippen molar-refractivity contribution in [2.24, 2.45) is 0 Å². The van der Waals surface area contributed by atoms with Crippen LogP contribution in [0.5, 0.6) is 0 Å². The first kappa shape index (κ1) is 9.39. The highest BCUT2D eigenvalue weighted by molar-refractivity contribution is 9.09. The zero-order valence-corrected chi connectivity index (χ0v) is 8.68. The number of pyridine rings is 1. The predicted octanol–water partition coefficient (Wildman–Crippen LogP) is 2.28. The number of Topliss-reactive ketones (excluding diaryl/α,β-unsaturated/α-hetero) is 1. The molecule has 0 radical (unpaired) electrons. The summed E-state index contributed by atoms with van der Waals surface area (Å²) < 4.78 is 0. The van der Waals surface area contributed by atoms with Crippen LogP contribution in [0, 0.1) is 13.8 Å². The first-order valence-corrected chi connectivity index (χ1v) is 4.79. The number of aromatic nitrogens is 1. The summed E-state index contributed by atoms with van der Waals surface area (Å²) in [5.74, 6) is 0.118. The van der Waals surface area contributed by atoms with E-state index < -0.39 is 0 Å². The second-order valence-electron chi connectivity index (χ2n) is 2.71. The van der Waals surface area contributed by atoms with Crippen LogP contribution in [0.3, 0.4) is 0 Å². The number of ketones is 1. The third-order valence-electron chi connectivity index (χ3n) is 1.73. The molecule has 0 unspecified atom stereocenters. The van der Waals surface area contributed by atoms with Crippen molar-refractivity contribution < 1.29 is 4.79 Å². The second-order valence-corrected chi connectivity index (χ2v) is 3.27. The maximum absolute atomic E-state index is 11.4. The quantitative estimate of drug-likeness (QED) is 0.574. The summed E-state index contributed by atoms with van der Waals surface area (Å²) in [4.78, 5) is 15.4. The normalized spacial score (nSPS) is 9.92. The largest absolute Gasteiger partial charge is 0.293 e. The van der Waals surface area contributed by atoms with Gasteiger partial charge in [0.2, 0.25) is 0 Å². The fraction of sp³-hybridized carbons (Fsp3) is 0.333. The summed E-state index contributed by atoms with van der Waals surface area (Å²) >= 11 is 3.15. The lowest BCUT2D eigenvalue weighted by atomic mass is 10.0. The number of nitrogens with zero attached hydrogens (tertiary/aromatic N) is 1. The SMILES string of the molecule is Cc1cncc(C)c1C(=O)CBr. The highest BCUT2D eigenvalue weighted by Gasteiger charge is 2.09. The van der Waals surface area contributed by atoms with Crippen LogP contribution in [0.4, 0.5) is 0 Å². The molecule has 0 bridgehead atoms. The van der Waals surface area contributed by atoms with Gasteiger partial charge in [0.15, 0.2) is 5.78 Å². The van der Waals surface area contributed by atoms with Crippen molar-refractivity contribution in [1.82, 2.24) is 4.98 Å². The number of carbonyl (C=O) groups excluding carboxylic acids is 1. The minimum absolute atomic E-state index is 0.118. The van der Waals surface area contributed by atoms with Crippen LogP contribution in [0.1, 0.15) is 21.5 Å². The average Bonchev–Trinajstić information content (AvgIpc) is 2.03. The van der Waals surface area contributed by atoms with E-state index >= 15 is 0 Å². The molecule has 0 saturated heterocycles. The standard InChI is InChI=1S/C9H10BrNO/c1-6-4-11-5-7(2)9(6)8(12)3-10/h4-5H,3H2,1-2H3. The highest BCUT2D eigenvalue weighted by Crippen LogP contribution is 2.12. The van der Waals surface area contributed by atoms with E-state index in [2.05, 4.69) is 20.9 Å². The molecular formula is C9H10BrNO. The molecule has 0 amide bonds. The van der Waals surface area contributed by atoms with Gasteiger partial charge >= 0.3 is 0 Å². The molecule has 0 aliphatic carbocycles. The molecule has 1 aromatic rings. The average molecular weight is 228 g/mol. The summed E-state index contributed by atoms with van der Waals surface area (Å²) in [6.07, 6.45) is 3.42. The number of halogens is 1. The summed E-state index contributed by atoms with van der Waals surface area (Å²) in [6.45, 7) is 3.80. The minimum atomic E-state index is 0.118. The van der Waals surface area contributed by atoms with Crippen LogP contribution in [-0.2, 0) is 0 Å². The number of carbonyl (C=O) groups is 1. The van der Waals surface area contributed by atoms with Gasteiger partial charge in [-0.15, -0.1) is 0 Å². The molecule has 3 heteroatoms. The Labute approximate surface area is 80.1 Å². The number of aryl methyl sites for hydroxylation is 2. The molecule has 0 fully saturated rings. The van der Waals surface area contributed by atoms with Crippen LogP contribution < -0.4 is 0 Å². The van der Waals surface area contributed by atoms with Crippen molar-refractivity contribution in [1.29, 1.82) is 0 Å². The molecule has 0 N–H and O–H groups in total. The Morgan fingerprint density at radius 2 is 1.92 bits per heavy atom. The number of alkyl halides is 1. The van der Waals surface area contributed by atoms with Crippen LogP contribution in [0.25, 0.3) is 0 Å². The van der Waals surface area contributed by atoms with Gasteiger partial charge in [-0.05, 0) is 25.0 Å². The molecule has 0 saturated carbocycles. The van der Waals surface area contributed by atoms with Crippen molar-refractivity contribution in [2.75, 3.05) is 5.33 Å². The molecule has 1 aromatic heterocycles. The zero-order valence-electron chi connectivity index (χ0n) is 7.10. The first-order valence-electron chi connectivity index (χ1n) is 3.67. The van der Waals surface area contributed by atoms with E-state index in [1.54, 1.807) is 12.4 Å². The van der Waals surface area contributed by atoms with Crippen LogP contribution in [0.2, 0.25) is 0 Å². The Hall–Kier alpha value is -0.700. The molecule has 64 valence electrons. The van der Waals surface area contributed by atoms with Gasteiger partial charge in [-0.3, -0.25) is 9.78 Å². The highest BCUT2D eigenvalue weighted by atomic mass is 79.9. The summed E-state index contributed by atoms with van der Waals surface area (Å²) in [6, 6.07) is 0. The Balaban J connectivity index is 3.21. The zero-order chi connectivity index (χ0) is 9.14.